The molecule has 0 spiro atoms. The zero-order valence-electron chi connectivity index (χ0n) is 19.4. The van der Waals surface area contributed by atoms with Crippen molar-refractivity contribution in [2.75, 3.05) is 16.8 Å². The molecule has 6 N–H and O–H groups in total. The summed E-state index contributed by atoms with van der Waals surface area (Å²) in [6.07, 6.45) is 3.07. The van der Waals surface area contributed by atoms with Crippen molar-refractivity contribution >= 4 is 46.4 Å². The zero-order chi connectivity index (χ0) is 25.7. The van der Waals surface area contributed by atoms with Crippen LogP contribution in [0.3, 0.4) is 0 Å². The lowest BCUT2D eigenvalue weighted by molar-refractivity contribution is 0.100. The molecule has 0 aliphatic carbocycles. The van der Waals surface area contributed by atoms with E-state index in [1.807, 2.05) is 6.92 Å². The summed E-state index contributed by atoms with van der Waals surface area (Å²) in [4.78, 5) is 30.9. The van der Waals surface area contributed by atoms with Crippen LogP contribution >= 0.6 is 11.6 Å². The van der Waals surface area contributed by atoms with Crippen molar-refractivity contribution in [3.63, 3.8) is 0 Å². The monoisotopic (exact) mass is 505 g/mol. The number of nitrogens with two attached hydrogens (primary N) is 2. The van der Waals surface area contributed by atoms with Crippen LogP contribution in [0.1, 0.15) is 23.0 Å². The standard InChI is InChI=1S/C24H24ClN9O2/c1-2-28-24(36)34(19-9-7-18(8-10-19)33-14-17(12-26)31-32-33)22-11-21(20(13-29-22)23(27)35)30-16-5-3-15(25)4-6-16/h3-11,13-14H,2,12,26H2,1H3,(H2,27,35)(H,28,36)(H,29,30). The third-order valence-corrected chi connectivity index (χ3v) is 5.41. The number of carbonyl (C=O) groups excluding carboxylic acids is 2. The predicted octanol–water partition coefficient (Wildman–Crippen LogP) is 3.48. The number of carbonyl (C=O) groups is 2. The maximum Gasteiger partial charge on any atom is 0.327 e. The maximum absolute atomic E-state index is 13.1. The zero-order valence-corrected chi connectivity index (χ0v) is 20.1. The highest BCUT2D eigenvalue weighted by atomic mass is 35.5. The van der Waals surface area contributed by atoms with Crippen molar-refractivity contribution in [3.8, 4) is 5.69 Å². The Morgan fingerprint density at radius 2 is 1.83 bits per heavy atom. The number of urea groups is 1. The predicted molar refractivity (Wildman–Crippen MR) is 138 cm³/mol. The van der Waals surface area contributed by atoms with Crippen LogP contribution in [0.15, 0.2) is 67.0 Å². The first-order valence-corrected chi connectivity index (χ1v) is 11.4. The number of pyridine rings is 1. The summed E-state index contributed by atoms with van der Waals surface area (Å²) in [5.74, 6) is -0.384. The Kier molecular flexibility index (Phi) is 7.42. The summed E-state index contributed by atoms with van der Waals surface area (Å²) in [5.41, 5.74) is 14.4. The molecule has 2 aromatic heterocycles. The fraction of sp³-hybridized carbons (Fsp3) is 0.125. The SMILES string of the molecule is CCNC(=O)N(c1ccc(-n2cc(CN)nn2)cc1)c1cc(Nc2ccc(Cl)cc2)c(C(N)=O)cn1. The lowest BCUT2D eigenvalue weighted by atomic mass is 10.2. The number of benzene rings is 2. The molecule has 0 aliphatic heterocycles. The van der Waals surface area contributed by atoms with E-state index < -0.39 is 11.9 Å². The van der Waals surface area contributed by atoms with Crippen LogP contribution in [-0.4, -0.2) is 38.5 Å². The number of aromatic nitrogens is 4. The number of nitrogens with one attached hydrogen (secondary N) is 2. The van der Waals surface area contributed by atoms with Gasteiger partial charge in [0, 0.05) is 36.1 Å². The molecule has 11 nitrogen and oxygen atoms in total. The molecule has 2 aromatic carbocycles. The maximum atomic E-state index is 13.1. The summed E-state index contributed by atoms with van der Waals surface area (Å²) >= 11 is 5.98. The summed E-state index contributed by atoms with van der Waals surface area (Å²) in [6, 6.07) is 15.2. The summed E-state index contributed by atoms with van der Waals surface area (Å²) in [5, 5.41) is 14.6. The van der Waals surface area contributed by atoms with Gasteiger partial charge in [-0.1, -0.05) is 16.8 Å². The average Bonchev–Trinajstić information content (AvgIpc) is 3.36. The van der Waals surface area contributed by atoms with Crippen molar-refractivity contribution in [1.82, 2.24) is 25.3 Å². The van der Waals surface area contributed by atoms with Crippen LogP contribution in [-0.2, 0) is 6.54 Å². The lowest BCUT2D eigenvalue weighted by Gasteiger charge is -2.23. The van der Waals surface area contributed by atoms with Crippen molar-refractivity contribution in [2.24, 2.45) is 11.5 Å². The van der Waals surface area contributed by atoms with Crippen molar-refractivity contribution in [1.29, 1.82) is 0 Å². The highest BCUT2D eigenvalue weighted by Gasteiger charge is 2.21. The Bertz CT molecular complexity index is 1370. The molecular formula is C24H24ClN9O2. The van der Waals surface area contributed by atoms with Crippen LogP contribution in [0.5, 0.6) is 0 Å². The van der Waals surface area contributed by atoms with E-state index in [0.717, 1.165) is 5.69 Å². The number of rotatable bonds is 8. The van der Waals surface area contributed by atoms with Crippen molar-refractivity contribution in [3.05, 3.63) is 83.3 Å². The largest absolute Gasteiger partial charge is 0.365 e. The fourth-order valence-electron chi connectivity index (χ4n) is 3.41. The van der Waals surface area contributed by atoms with Gasteiger partial charge in [-0.25, -0.2) is 19.4 Å². The minimum atomic E-state index is -0.663. The molecule has 0 saturated carbocycles. The van der Waals surface area contributed by atoms with Gasteiger partial charge in [0.15, 0.2) is 0 Å². The van der Waals surface area contributed by atoms with Gasteiger partial charge >= 0.3 is 6.03 Å². The summed E-state index contributed by atoms with van der Waals surface area (Å²) in [7, 11) is 0. The van der Waals surface area contributed by atoms with Gasteiger partial charge in [0.05, 0.1) is 34.5 Å². The minimum absolute atomic E-state index is 0.168. The van der Waals surface area contributed by atoms with Gasteiger partial charge in [-0.15, -0.1) is 5.10 Å². The van der Waals surface area contributed by atoms with Crippen LogP contribution in [0.2, 0.25) is 5.02 Å². The number of halogens is 1. The molecule has 0 atom stereocenters. The number of amides is 3. The van der Waals surface area contributed by atoms with E-state index in [9.17, 15) is 9.59 Å². The van der Waals surface area contributed by atoms with Gasteiger partial charge in [0.2, 0.25) is 0 Å². The highest BCUT2D eigenvalue weighted by molar-refractivity contribution is 6.30. The van der Waals surface area contributed by atoms with Gasteiger partial charge in [-0.2, -0.15) is 0 Å². The van der Waals surface area contributed by atoms with Crippen molar-refractivity contribution < 1.29 is 9.59 Å². The highest BCUT2D eigenvalue weighted by Crippen LogP contribution is 2.30. The Labute approximate surface area is 212 Å². The molecule has 0 aliphatic rings. The third-order valence-electron chi connectivity index (χ3n) is 5.16. The topological polar surface area (TPSA) is 157 Å². The normalized spacial score (nSPS) is 10.6. The van der Waals surface area contributed by atoms with E-state index in [1.165, 1.54) is 11.1 Å². The Balaban J connectivity index is 1.72. The number of hydrogen-bond donors (Lipinski definition) is 4. The van der Waals surface area contributed by atoms with E-state index in [1.54, 1.807) is 65.5 Å². The van der Waals surface area contributed by atoms with E-state index in [4.69, 9.17) is 23.1 Å². The number of nitrogens with zero attached hydrogens (tertiary/aromatic N) is 5. The van der Waals surface area contributed by atoms with Gasteiger partial charge in [0.1, 0.15) is 5.82 Å². The molecule has 3 amide bonds. The van der Waals surface area contributed by atoms with Gasteiger partial charge in [-0.05, 0) is 55.5 Å². The third kappa shape index (κ3) is 5.43. The number of anilines is 4. The lowest BCUT2D eigenvalue weighted by Crippen LogP contribution is -2.37. The fourth-order valence-corrected chi connectivity index (χ4v) is 3.54. The Hall–Kier alpha value is -4.48. The number of hydrogen-bond acceptors (Lipinski definition) is 7. The van der Waals surface area contributed by atoms with Crippen LogP contribution in [0, 0.1) is 0 Å². The smallest absolute Gasteiger partial charge is 0.327 e. The summed E-state index contributed by atoms with van der Waals surface area (Å²) < 4.78 is 1.59. The molecule has 0 fully saturated rings. The first kappa shape index (κ1) is 24.6. The second-order valence-electron chi connectivity index (χ2n) is 7.63. The van der Waals surface area contributed by atoms with Gasteiger partial charge in [0.25, 0.3) is 5.91 Å². The van der Waals surface area contributed by atoms with Gasteiger partial charge in [-0.3, -0.25) is 4.79 Å². The second-order valence-corrected chi connectivity index (χ2v) is 8.07. The molecule has 0 saturated heterocycles. The average molecular weight is 506 g/mol. The summed E-state index contributed by atoms with van der Waals surface area (Å²) in [6.45, 7) is 2.50. The molecule has 4 aromatic rings. The Morgan fingerprint density at radius 3 is 2.44 bits per heavy atom. The van der Waals surface area contributed by atoms with Crippen LogP contribution in [0.4, 0.5) is 27.7 Å². The number of primary amides is 1. The molecule has 0 unspecified atom stereocenters. The van der Waals surface area contributed by atoms with Gasteiger partial charge < -0.3 is 22.1 Å². The molecule has 4 rings (SSSR count). The van der Waals surface area contributed by atoms with E-state index in [-0.39, 0.29) is 17.9 Å². The van der Waals surface area contributed by atoms with E-state index in [0.29, 0.717) is 34.3 Å². The van der Waals surface area contributed by atoms with Crippen LogP contribution in [0.25, 0.3) is 5.69 Å². The molecule has 184 valence electrons. The minimum Gasteiger partial charge on any atom is -0.365 e. The van der Waals surface area contributed by atoms with Crippen molar-refractivity contribution in [2.45, 2.75) is 13.5 Å². The quantitative estimate of drug-likeness (QED) is 0.285. The molecule has 12 heteroatoms. The van der Waals surface area contributed by atoms with E-state index >= 15 is 0 Å². The Morgan fingerprint density at radius 1 is 1.11 bits per heavy atom. The molecule has 36 heavy (non-hydrogen) atoms. The molecular weight excluding hydrogens is 482 g/mol. The van der Waals surface area contributed by atoms with Crippen LogP contribution < -0.4 is 27.0 Å². The first-order valence-electron chi connectivity index (χ1n) is 11.0. The first-order chi connectivity index (χ1) is 17.4. The molecule has 0 radical (unpaired) electrons. The van der Waals surface area contributed by atoms with E-state index in [2.05, 4.69) is 25.9 Å². The molecule has 2 heterocycles. The second kappa shape index (κ2) is 10.8. The molecule has 0 bridgehead atoms.